The Kier molecular flexibility index (Phi) is 6.82. The van der Waals surface area contributed by atoms with Crippen molar-refractivity contribution in [1.29, 1.82) is 0 Å². The van der Waals surface area contributed by atoms with Crippen LogP contribution in [0.3, 0.4) is 0 Å². The fraction of sp³-hybridized carbons (Fsp3) is 0.0577. The van der Waals surface area contributed by atoms with E-state index in [1.807, 2.05) is 47.7 Å². The standard InChI is InChI=1S/C52H34N2O2S/c1-52(2)43-14-8-6-12-37(43)38-24-21-36(28-44(38)52)54(35-22-25-50-42(27-35)40-13-7-9-15-49(40)57-50)34-19-16-31(17-20-34)33-18-23-39-41-29-45-48(30-47(41)55-46(39)26-33)56-51(53-45)32-10-4-3-5-11-32/h3-30H,1-2H3. The number of thiophene rings is 1. The molecule has 270 valence electrons. The SMILES string of the molecule is CC1(C)c2ccccc2-c2ccc(N(c3ccc(-c4ccc5c(c4)oc4cc6oc(-c7ccccc7)nc6cc45)cc3)c3ccc4sc5ccccc5c4c3)cc21. The lowest BCUT2D eigenvalue weighted by atomic mass is 9.82. The zero-order chi connectivity index (χ0) is 37.8. The number of nitrogens with zero attached hydrogens (tertiary/aromatic N) is 2. The molecule has 4 nitrogen and oxygen atoms in total. The van der Waals surface area contributed by atoms with Gasteiger partial charge in [-0.05, 0) is 112 Å². The number of oxazole rings is 1. The van der Waals surface area contributed by atoms with Crippen molar-refractivity contribution in [2.45, 2.75) is 19.3 Å². The molecule has 0 radical (unpaired) electrons. The quantitative estimate of drug-likeness (QED) is 0.176. The number of fused-ring (bicyclic) bond motifs is 10. The van der Waals surface area contributed by atoms with Gasteiger partial charge in [-0.1, -0.05) is 98.8 Å². The molecule has 1 aliphatic carbocycles. The first-order valence-corrected chi connectivity index (χ1v) is 20.2. The Labute approximate surface area is 332 Å². The van der Waals surface area contributed by atoms with E-state index in [9.17, 15) is 0 Å². The summed E-state index contributed by atoms with van der Waals surface area (Å²) < 4.78 is 15.2. The molecule has 0 aliphatic heterocycles. The molecule has 5 heteroatoms. The predicted octanol–water partition coefficient (Wildman–Crippen LogP) is 15.2. The fourth-order valence-corrected chi connectivity index (χ4v) is 10.1. The highest BCUT2D eigenvalue weighted by atomic mass is 32.1. The average molecular weight is 751 g/mol. The first-order chi connectivity index (χ1) is 28.0. The van der Waals surface area contributed by atoms with E-state index in [0.717, 1.165) is 61.2 Å². The molecule has 57 heavy (non-hydrogen) atoms. The second-order valence-electron chi connectivity index (χ2n) is 15.6. The maximum absolute atomic E-state index is 6.46. The molecule has 0 saturated heterocycles. The van der Waals surface area contributed by atoms with E-state index in [1.165, 1.54) is 42.4 Å². The van der Waals surface area contributed by atoms with Crippen molar-refractivity contribution in [2.75, 3.05) is 4.90 Å². The van der Waals surface area contributed by atoms with Crippen molar-refractivity contribution in [3.63, 3.8) is 0 Å². The van der Waals surface area contributed by atoms with Crippen molar-refractivity contribution in [1.82, 2.24) is 4.98 Å². The lowest BCUT2D eigenvalue weighted by molar-refractivity contribution is 0.617. The van der Waals surface area contributed by atoms with Gasteiger partial charge in [0.1, 0.15) is 16.7 Å². The van der Waals surface area contributed by atoms with E-state index in [2.05, 4.69) is 152 Å². The van der Waals surface area contributed by atoms with Gasteiger partial charge in [-0.25, -0.2) is 4.98 Å². The normalized spacial score (nSPS) is 13.2. The summed E-state index contributed by atoms with van der Waals surface area (Å²) in [5.74, 6) is 0.609. The Morgan fingerprint density at radius 1 is 0.456 bits per heavy atom. The number of rotatable bonds is 5. The van der Waals surface area contributed by atoms with Crippen LogP contribution < -0.4 is 4.90 Å². The summed E-state index contributed by atoms with van der Waals surface area (Å²) in [7, 11) is 0. The van der Waals surface area contributed by atoms with Gasteiger partial charge < -0.3 is 13.7 Å². The Morgan fingerprint density at radius 3 is 2.05 bits per heavy atom. The molecule has 0 atom stereocenters. The van der Waals surface area contributed by atoms with Crippen LogP contribution in [0.15, 0.2) is 179 Å². The van der Waals surface area contributed by atoms with Gasteiger partial charge in [0.25, 0.3) is 0 Å². The number of benzene rings is 8. The van der Waals surface area contributed by atoms with Gasteiger partial charge in [-0.15, -0.1) is 11.3 Å². The Hall–Kier alpha value is -6.95. The molecule has 0 N–H and O–H groups in total. The first kappa shape index (κ1) is 32.3. The molecule has 0 unspecified atom stereocenters. The number of hydrogen-bond donors (Lipinski definition) is 0. The van der Waals surface area contributed by atoms with Crippen LogP contribution in [-0.2, 0) is 5.41 Å². The van der Waals surface area contributed by atoms with Crippen LogP contribution in [0.25, 0.3) is 86.9 Å². The summed E-state index contributed by atoms with van der Waals surface area (Å²) >= 11 is 1.85. The molecule has 0 amide bonds. The third-order valence-corrected chi connectivity index (χ3v) is 13.1. The van der Waals surface area contributed by atoms with Gasteiger partial charge >= 0.3 is 0 Å². The highest BCUT2D eigenvalue weighted by Crippen LogP contribution is 2.51. The summed E-state index contributed by atoms with van der Waals surface area (Å²) in [5.41, 5.74) is 15.0. The molecule has 12 rings (SSSR count). The second-order valence-corrected chi connectivity index (χ2v) is 16.7. The highest BCUT2D eigenvalue weighted by Gasteiger charge is 2.35. The average Bonchev–Trinajstić information content (AvgIpc) is 4.00. The molecular weight excluding hydrogens is 717 g/mol. The van der Waals surface area contributed by atoms with E-state index in [4.69, 9.17) is 13.8 Å². The molecule has 3 aromatic heterocycles. The summed E-state index contributed by atoms with van der Waals surface area (Å²) in [6.45, 7) is 4.69. The number of hydrogen-bond acceptors (Lipinski definition) is 5. The van der Waals surface area contributed by atoms with Crippen molar-refractivity contribution in [3.8, 4) is 33.7 Å². The molecule has 11 aromatic rings. The second kappa shape index (κ2) is 12.0. The lowest BCUT2D eigenvalue weighted by Crippen LogP contribution is -2.16. The minimum absolute atomic E-state index is 0.105. The molecular formula is C52H34N2O2S. The minimum Gasteiger partial charge on any atom is -0.456 e. The smallest absolute Gasteiger partial charge is 0.227 e. The van der Waals surface area contributed by atoms with E-state index in [0.29, 0.717) is 11.5 Å². The van der Waals surface area contributed by atoms with Crippen LogP contribution in [0.5, 0.6) is 0 Å². The fourth-order valence-electron chi connectivity index (χ4n) is 9.02. The van der Waals surface area contributed by atoms with E-state index < -0.39 is 0 Å². The van der Waals surface area contributed by atoms with Gasteiger partial charge in [0.2, 0.25) is 5.89 Å². The molecule has 0 spiro atoms. The van der Waals surface area contributed by atoms with Crippen molar-refractivity contribution in [3.05, 3.63) is 181 Å². The van der Waals surface area contributed by atoms with Crippen LogP contribution in [-0.4, -0.2) is 4.98 Å². The lowest BCUT2D eigenvalue weighted by Gasteiger charge is -2.28. The van der Waals surface area contributed by atoms with Gasteiger partial charge in [0.15, 0.2) is 5.58 Å². The third kappa shape index (κ3) is 4.95. The number of aromatic nitrogens is 1. The zero-order valence-corrected chi connectivity index (χ0v) is 32.1. The first-order valence-electron chi connectivity index (χ1n) is 19.3. The number of anilines is 3. The molecule has 8 aromatic carbocycles. The summed E-state index contributed by atoms with van der Waals surface area (Å²) in [5, 5.41) is 4.66. The monoisotopic (exact) mass is 750 g/mol. The number of furan rings is 1. The molecule has 3 heterocycles. The highest BCUT2D eigenvalue weighted by molar-refractivity contribution is 7.25. The van der Waals surface area contributed by atoms with Crippen molar-refractivity contribution in [2.24, 2.45) is 0 Å². The van der Waals surface area contributed by atoms with Gasteiger partial charge in [0, 0.05) is 65.1 Å². The summed E-state index contributed by atoms with van der Waals surface area (Å²) in [6.07, 6.45) is 0. The summed E-state index contributed by atoms with van der Waals surface area (Å²) in [6, 6.07) is 60.9. The maximum Gasteiger partial charge on any atom is 0.227 e. The molecule has 0 bridgehead atoms. The predicted molar refractivity (Wildman–Crippen MR) is 237 cm³/mol. The van der Waals surface area contributed by atoms with E-state index in [1.54, 1.807) is 0 Å². The Bertz CT molecular complexity index is 3390. The molecule has 1 aliphatic rings. The van der Waals surface area contributed by atoms with Crippen LogP contribution in [0.2, 0.25) is 0 Å². The topological polar surface area (TPSA) is 42.4 Å². The van der Waals surface area contributed by atoms with Crippen LogP contribution in [0, 0.1) is 0 Å². The van der Waals surface area contributed by atoms with E-state index >= 15 is 0 Å². The van der Waals surface area contributed by atoms with Crippen LogP contribution >= 0.6 is 11.3 Å². The van der Waals surface area contributed by atoms with Crippen LogP contribution in [0.4, 0.5) is 17.1 Å². The zero-order valence-electron chi connectivity index (χ0n) is 31.3. The van der Waals surface area contributed by atoms with Gasteiger partial charge in [-0.2, -0.15) is 0 Å². The van der Waals surface area contributed by atoms with Gasteiger partial charge in [-0.3, -0.25) is 0 Å². The van der Waals surface area contributed by atoms with Gasteiger partial charge in [0.05, 0.1) is 0 Å². The van der Waals surface area contributed by atoms with Crippen molar-refractivity contribution >= 4 is 81.6 Å². The van der Waals surface area contributed by atoms with E-state index in [-0.39, 0.29) is 5.41 Å². The Balaban J connectivity index is 0.944. The third-order valence-electron chi connectivity index (χ3n) is 11.9. The van der Waals surface area contributed by atoms with Crippen molar-refractivity contribution < 1.29 is 8.83 Å². The molecule has 0 saturated carbocycles. The maximum atomic E-state index is 6.46. The van der Waals surface area contributed by atoms with Crippen LogP contribution in [0.1, 0.15) is 25.0 Å². The Morgan fingerprint density at radius 2 is 1.16 bits per heavy atom. The summed E-state index contributed by atoms with van der Waals surface area (Å²) in [4.78, 5) is 7.20. The largest absolute Gasteiger partial charge is 0.456 e. The molecule has 0 fully saturated rings. The minimum atomic E-state index is -0.105.